The molecule has 0 nitrogen and oxygen atoms in total. The Morgan fingerprint density at radius 3 is 1.57 bits per heavy atom. The first-order chi connectivity index (χ1) is 10.2. The number of unbranched alkanes of at least 4 members (excludes halogenated alkanes) is 2. The van der Waals surface area contributed by atoms with Crippen LogP contribution in [0.2, 0.25) is 12.1 Å². The maximum atomic E-state index is 3.83. The van der Waals surface area contributed by atoms with E-state index >= 15 is 0 Å². The lowest BCUT2D eigenvalue weighted by Gasteiger charge is -2.31. The van der Waals surface area contributed by atoms with Crippen LogP contribution in [0.5, 0.6) is 0 Å². The molecule has 0 saturated carbocycles. The van der Waals surface area contributed by atoms with E-state index in [9.17, 15) is 0 Å². The summed E-state index contributed by atoms with van der Waals surface area (Å²) in [6.45, 7) is 4.62. The van der Waals surface area contributed by atoms with E-state index in [0.29, 0.717) is 0 Å². The molecule has 0 N–H and O–H groups in total. The Morgan fingerprint density at radius 2 is 1.29 bits per heavy atom. The normalized spacial score (nSPS) is 12.0. The largest absolute Gasteiger partial charge is 0.152 e. The number of hydrogen-bond acceptors (Lipinski definition) is 2. The fraction of sp³-hybridized carbons (Fsp3) is 0.500. The Morgan fingerprint density at radius 1 is 0.857 bits per heavy atom. The lowest BCUT2D eigenvalue weighted by Crippen LogP contribution is -2.56. The van der Waals surface area contributed by atoms with Crippen molar-refractivity contribution >= 4 is 71.6 Å². The van der Waals surface area contributed by atoms with Crippen molar-refractivity contribution in [2.45, 2.75) is 51.6 Å². The highest BCUT2D eigenvalue weighted by Gasteiger charge is 2.41. The highest BCUT2D eigenvalue weighted by Crippen LogP contribution is 2.31. The molecule has 2 aromatic heterocycles. The van der Waals surface area contributed by atoms with Gasteiger partial charge in [0.15, 0.2) is 0 Å². The molecule has 0 fully saturated rings. The topological polar surface area (TPSA) is 0 Å². The molecule has 2 rings (SSSR count). The molecule has 5 heteroatoms. The fourth-order valence-electron chi connectivity index (χ4n) is 2.91. The third-order valence-electron chi connectivity index (χ3n) is 4.02. The summed E-state index contributed by atoms with van der Waals surface area (Å²) in [4.78, 5) is 0. The van der Waals surface area contributed by atoms with Gasteiger partial charge in [0.25, 0.3) is 0 Å². The number of halogens is 2. The van der Waals surface area contributed by atoms with Crippen LogP contribution >= 0.6 is 54.5 Å². The summed E-state index contributed by atoms with van der Waals surface area (Å²) in [7, 11) is -1.63. The number of hydrogen-bond donors (Lipinski definition) is 0. The van der Waals surface area contributed by atoms with Crippen molar-refractivity contribution in [1.82, 2.24) is 0 Å². The number of thiophene rings is 2. The van der Waals surface area contributed by atoms with E-state index in [1.165, 1.54) is 46.7 Å². The second-order valence-electron chi connectivity index (χ2n) is 5.48. The molecular weight excluding hydrogens is 444 g/mol. The lowest BCUT2D eigenvalue weighted by molar-refractivity contribution is 0.839. The molecule has 0 saturated heterocycles. The number of rotatable bonds is 8. The van der Waals surface area contributed by atoms with Gasteiger partial charge in [0, 0.05) is 17.9 Å². The molecule has 21 heavy (non-hydrogen) atoms. The van der Waals surface area contributed by atoms with Crippen molar-refractivity contribution in [3.63, 3.8) is 0 Å². The summed E-state index contributed by atoms with van der Waals surface area (Å²) in [5, 5.41) is 4.50. The van der Waals surface area contributed by atoms with Crippen LogP contribution < -0.4 is 9.00 Å². The predicted molar refractivity (Wildman–Crippen MR) is 108 cm³/mol. The first kappa shape index (κ1) is 17.9. The van der Waals surface area contributed by atoms with E-state index in [2.05, 4.69) is 68.6 Å². The van der Waals surface area contributed by atoms with Gasteiger partial charge in [0.2, 0.25) is 0 Å². The van der Waals surface area contributed by atoms with Gasteiger partial charge in [-0.2, -0.15) is 22.7 Å². The van der Waals surface area contributed by atoms with E-state index in [1.807, 2.05) is 22.7 Å². The molecule has 0 aromatic carbocycles. The molecule has 0 bridgehead atoms. The predicted octanol–water partition coefficient (Wildman–Crippen LogP) is 6.50. The SMILES string of the molecule is CCCC[Si](CCCC)(c1sccc1Br)c1sccc1Br. The Bertz CT molecular complexity index is 512. The van der Waals surface area contributed by atoms with Crippen molar-refractivity contribution in [2.75, 3.05) is 0 Å². The fourth-order valence-corrected chi connectivity index (χ4v) is 16.0. The van der Waals surface area contributed by atoms with Crippen molar-refractivity contribution in [3.8, 4) is 0 Å². The van der Waals surface area contributed by atoms with Gasteiger partial charge in [-0.1, -0.05) is 71.4 Å². The van der Waals surface area contributed by atoms with Crippen LogP contribution in [-0.2, 0) is 0 Å². The summed E-state index contributed by atoms with van der Waals surface area (Å²) in [6, 6.07) is 7.23. The van der Waals surface area contributed by atoms with Gasteiger partial charge in [-0.3, -0.25) is 0 Å². The van der Waals surface area contributed by atoms with Gasteiger partial charge in [-0.25, -0.2) is 0 Å². The van der Waals surface area contributed by atoms with E-state index in [4.69, 9.17) is 0 Å². The summed E-state index contributed by atoms with van der Waals surface area (Å²) in [5.41, 5.74) is 0. The second-order valence-corrected chi connectivity index (χ2v) is 13.9. The molecular formula is C16H22Br2S2Si. The van der Waals surface area contributed by atoms with Crippen LogP contribution in [0.25, 0.3) is 0 Å². The van der Waals surface area contributed by atoms with E-state index in [1.54, 1.807) is 9.00 Å². The zero-order valence-electron chi connectivity index (χ0n) is 12.6. The van der Waals surface area contributed by atoms with Crippen molar-refractivity contribution in [3.05, 3.63) is 31.8 Å². The van der Waals surface area contributed by atoms with Crippen LogP contribution in [0.1, 0.15) is 39.5 Å². The molecule has 2 aromatic rings. The van der Waals surface area contributed by atoms with Crippen LogP contribution in [0.3, 0.4) is 0 Å². The molecule has 0 aliphatic heterocycles. The monoisotopic (exact) mass is 464 g/mol. The summed E-state index contributed by atoms with van der Waals surface area (Å²) >= 11 is 11.6. The first-order valence-corrected chi connectivity index (χ1v) is 13.4. The molecule has 116 valence electrons. The van der Waals surface area contributed by atoms with E-state index in [-0.39, 0.29) is 0 Å². The van der Waals surface area contributed by atoms with Crippen LogP contribution in [0, 0.1) is 0 Å². The van der Waals surface area contributed by atoms with Crippen LogP contribution in [-0.4, -0.2) is 8.07 Å². The Hall–Kier alpha value is 0.577. The highest BCUT2D eigenvalue weighted by molar-refractivity contribution is 9.11. The molecule has 0 atom stereocenters. The molecule has 0 amide bonds. The van der Waals surface area contributed by atoms with Gasteiger partial charge < -0.3 is 0 Å². The molecule has 0 spiro atoms. The Kier molecular flexibility index (Phi) is 7.20. The zero-order valence-corrected chi connectivity index (χ0v) is 18.4. The van der Waals surface area contributed by atoms with Gasteiger partial charge in [0.1, 0.15) is 8.07 Å². The Balaban J connectivity index is 2.53. The summed E-state index contributed by atoms with van der Waals surface area (Å²) < 4.78 is 5.97. The first-order valence-electron chi connectivity index (χ1n) is 7.62. The molecule has 0 radical (unpaired) electrons. The minimum Gasteiger partial charge on any atom is -0.152 e. The van der Waals surface area contributed by atoms with Gasteiger partial charge in [-0.15, -0.1) is 0 Å². The van der Waals surface area contributed by atoms with Gasteiger partial charge >= 0.3 is 0 Å². The maximum absolute atomic E-state index is 3.83. The van der Waals surface area contributed by atoms with Crippen molar-refractivity contribution in [2.24, 2.45) is 0 Å². The lowest BCUT2D eigenvalue weighted by atomic mass is 10.4. The molecule has 2 heterocycles. The molecule has 0 aliphatic carbocycles. The van der Waals surface area contributed by atoms with Crippen molar-refractivity contribution in [1.29, 1.82) is 0 Å². The standard InChI is InChI=1S/C16H22Br2S2Si/c1-3-5-11-21(12-6-4-2,15-13(17)7-9-19-15)16-14(18)8-10-20-16/h7-10H,3-6,11-12H2,1-2H3. The average molecular weight is 466 g/mol. The van der Waals surface area contributed by atoms with Gasteiger partial charge in [-0.05, 0) is 35.0 Å². The smallest absolute Gasteiger partial charge is 0.146 e. The average Bonchev–Trinajstić information content (AvgIpc) is 3.09. The quantitative estimate of drug-likeness (QED) is 0.390. The summed E-state index contributed by atoms with van der Waals surface area (Å²) in [5.74, 6) is 0. The highest BCUT2D eigenvalue weighted by atomic mass is 79.9. The third kappa shape index (κ3) is 3.92. The third-order valence-corrected chi connectivity index (χ3v) is 15.8. The van der Waals surface area contributed by atoms with Gasteiger partial charge in [0.05, 0.1) is 0 Å². The van der Waals surface area contributed by atoms with Crippen LogP contribution in [0.4, 0.5) is 0 Å². The summed E-state index contributed by atoms with van der Waals surface area (Å²) in [6.07, 6.45) is 5.25. The minimum absolute atomic E-state index is 1.28. The van der Waals surface area contributed by atoms with E-state index in [0.717, 1.165) is 0 Å². The second kappa shape index (κ2) is 8.43. The van der Waals surface area contributed by atoms with E-state index < -0.39 is 8.07 Å². The van der Waals surface area contributed by atoms with Crippen molar-refractivity contribution < 1.29 is 0 Å². The molecule has 0 unspecified atom stereocenters. The maximum Gasteiger partial charge on any atom is 0.146 e. The molecule has 0 aliphatic rings. The Labute approximate surface area is 154 Å². The van der Waals surface area contributed by atoms with Crippen LogP contribution in [0.15, 0.2) is 31.8 Å². The zero-order chi connectivity index (χ0) is 15.3. The minimum atomic E-state index is -1.63.